The number of aromatic nitrogens is 2. The van der Waals surface area contributed by atoms with Gasteiger partial charge in [-0.25, -0.2) is 0 Å². The van der Waals surface area contributed by atoms with Crippen LogP contribution in [-0.2, 0) is 11.2 Å². The van der Waals surface area contributed by atoms with E-state index in [2.05, 4.69) is 15.5 Å². The van der Waals surface area contributed by atoms with E-state index < -0.39 is 0 Å². The van der Waals surface area contributed by atoms with Crippen LogP contribution in [0.15, 0.2) is 40.9 Å². The third-order valence-electron chi connectivity index (χ3n) is 3.49. The summed E-state index contributed by atoms with van der Waals surface area (Å²) in [4.78, 5) is 18.3. The highest BCUT2D eigenvalue weighted by molar-refractivity contribution is 7.16. The van der Waals surface area contributed by atoms with Crippen molar-refractivity contribution in [1.29, 1.82) is 0 Å². The molecule has 128 valence electrons. The van der Waals surface area contributed by atoms with Crippen molar-refractivity contribution < 1.29 is 9.32 Å². The lowest BCUT2D eigenvalue weighted by molar-refractivity contribution is -0.111. The number of hydrogen-bond acceptors (Lipinski definition) is 5. The number of amides is 1. The second-order valence-electron chi connectivity index (χ2n) is 5.29. The zero-order chi connectivity index (χ0) is 17.8. The number of carbonyl (C=O) groups is 1. The lowest BCUT2D eigenvalue weighted by Gasteiger charge is -2.00. The van der Waals surface area contributed by atoms with Crippen molar-refractivity contribution >= 4 is 40.6 Å². The van der Waals surface area contributed by atoms with Crippen LogP contribution in [-0.4, -0.2) is 16.0 Å². The van der Waals surface area contributed by atoms with Crippen LogP contribution < -0.4 is 5.32 Å². The second-order valence-corrected chi connectivity index (χ2v) is 6.95. The van der Waals surface area contributed by atoms with Crippen LogP contribution in [0.2, 0.25) is 5.02 Å². The normalized spacial score (nSPS) is 11.2. The van der Waals surface area contributed by atoms with Gasteiger partial charge in [-0.15, -0.1) is 11.3 Å². The van der Waals surface area contributed by atoms with E-state index in [0.717, 1.165) is 21.0 Å². The number of hydrogen-bond donors (Lipinski definition) is 1. The molecule has 7 heteroatoms. The molecule has 0 aliphatic rings. The van der Waals surface area contributed by atoms with Crippen LogP contribution in [0.4, 0.5) is 5.69 Å². The number of nitrogens with zero attached hydrogens (tertiary/aromatic N) is 2. The van der Waals surface area contributed by atoms with Gasteiger partial charge >= 0.3 is 0 Å². The first-order valence-electron chi connectivity index (χ1n) is 7.73. The fraction of sp³-hybridized carbons (Fsp3) is 0.167. The zero-order valence-electron chi connectivity index (χ0n) is 13.7. The number of rotatable bonds is 5. The third-order valence-corrected chi connectivity index (χ3v) is 4.88. The van der Waals surface area contributed by atoms with Gasteiger partial charge in [-0.3, -0.25) is 4.79 Å². The lowest BCUT2D eigenvalue weighted by Crippen LogP contribution is -2.07. The first kappa shape index (κ1) is 17.4. The van der Waals surface area contributed by atoms with E-state index in [1.54, 1.807) is 12.1 Å². The molecule has 0 unspecified atom stereocenters. The summed E-state index contributed by atoms with van der Waals surface area (Å²) < 4.78 is 5.13. The third kappa shape index (κ3) is 4.15. The zero-order valence-corrected chi connectivity index (χ0v) is 15.3. The van der Waals surface area contributed by atoms with Crippen LogP contribution in [0.1, 0.15) is 23.3 Å². The Morgan fingerprint density at radius 3 is 2.92 bits per heavy atom. The summed E-state index contributed by atoms with van der Waals surface area (Å²) >= 11 is 7.58. The molecule has 1 N–H and O–H groups in total. The van der Waals surface area contributed by atoms with Crippen LogP contribution in [0.25, 0.3) is 16.8 Å². The Balaban J connectivity index is 1.72. The summed E-state index contributed by atoms with van der Waals surface area (Å²) in [7, 11) is 0. The topological polar surface area (TPSA) is 68.0 Å². The Kier molecular flexibility index (Phi) is 5.31. The number of aryl methyl sites for hydroxylation is 2. The predicted molar refractivity (Wildman–Crippen MR) is 101 cm³/mol. The molecule has 25 heavy (non-hydrogen) atoms. The van der Waals surface area contributed by atoms with Crippen molar-refractivity contribution in [2.45, 2.75) is 20.3 Å². The average molecular weight is 374 g/mol. The summed E-state index contributed by atoms with van der Waals surface area (Å²) in [6.45, 7) is 3.89. The van der Waals surface area contributed by atoms with Crippen molar-refractivity contribution in [2.24, 2.45) is 0 Å². The molecule has 0 bridgehead atoms. The minimum Gasteiger partial charge on any atom is -0.339 e. The molecule has 3 rings (SSSR count). The molecule has 0 atom stereocenters. The number of nitrogens with one attached hydrogen (secondary N) is 1. The highest BCUT2D eigenvalue weighted by atomic mass is 35.5. The van der Waals surface area contributed by atoms with Gasteiger partial charge in [-0.1, -0.05) is 41.9 Å². The van der Waals surface area contributed by atoms with Gasteiger partial charge in [0.2, 0.25) is 17.6 Å². The van der Waals surface area contributed by atoms with Crippen molar-refractivity contribution in [3.63, 3.8) is 0 Å². The van der Waals surface area contributed by atoms with E-state index in [-0.39, 0.29) is 5.91 Å². The summed E-state index contributed by atoms with van der Waals surface area (Å²) in [5.41, 5.74) is 1.53. The quantitative estimate of drug-likeness (QED) is 0.641. The van der Waals surface area contributed by atoms with Crippen LogP contribution in [0, 0.1) is 6.92 Å². The summed E-state index contributed by atoms with van der Waals surface area (Å²) in [5, 5.41) is 7.43. The minimum absolute atomic E-state index is 0.227. The van der Waals surface area contributed by atoms with Crippen molar-refractivity contribution in [3.05, 3.63) is 57.8 Å². The molecule has 0 aliphatic heterocycles. The molecule has 2 heterocycles. The molecular formula is C18H16ClN3O2S. The number of carbonyl (C=O) groups excluding carboxylic acids is 1. The van der Waals surface area contributed by atoms with Crippen molar-refractivity contribution in [3.8, 4) is 10.7 Å². The number of anilines is 1. The average Bonchev–Trinajstić information content (AvgIpc) is 3.21. The first-order chi connectivity index (χ1) is 12.1. The second kappa shape index (κ2) is 7.63. The van der Waals surface area contributed by atoms with Gasteiger partial charge in [0.05, 0.1) is 10.6 Å². The van der Waals surface area contributed by atoms with Gasteiger partial charge in [-0.2, -0.15) is 4.98 Å². The van der Waals surface area contributed by atoms with E-state index in [0.29, 0.717) is 23.2 Å². The van der Waals surface area contributed by atoms with Crippen LogP contribution in [0.3, 0.4) is 0 Å². The fourth-order valence-electron chi connectivity index (χ4n) is 2.17. The Morgan fingerprint density at radius 1 is 1.40 bits per heavy atom. The lowest BCUT2D eigenvalue weighted by atomic mass is 10.2. The largest absolute Gasteiger partial charge is 0.339 e. The van der Waals surface area contributed by atoms with Crippen LogP contribution in [0.5, 0.6) is 0 Å². The molecule has 0 fully saturated rings. The van der Waals surface area contributed by atoms with E-state index in [1.807, 2.05) is 38.1 Å². The minimum atomic E-state index is -0.227. The smallest absolute Gasteiger partial charge is 0.248 e. The fourth-order valence-corrected chi connectivity index (χ4v) is 3.26. The highest BCUT2D eigenvalue weighted by Crippen LogP contribution is 2.32. The molecular weight excluding hydrogens is 358 g/mol. The monoisotopic (exact) mass is 373 g/mol. The van der Waals surface area contributed by atoms with Gasteiger partial charge in [0, 0.05) is 22.4 Å². The molecule has 1 amide bonds. The van der Waals surface area contributed by atoms with Gasteiger partial charge in [0.15, 0.2) is 0 Å². The van der Waals surface area contributed by atoms with Gasteiger partial charge in [0.25, 0.3) is 0 Å². The number of thiophene rings is 1. The first-order valence-corrected chi connectivity index (χ1v) is 8.93. The predicted octanol–water partition coefficient (Wildman–Crippen LogP) is 4.97. The van der Waals surface area contributed by atoms with Crippen molar-refractivity contribution in [1.82, 2.24) is 10.1 Å². The number of benzene rings is 1. The summed E-state index contributed by atoms with van der Waals surface area (Å²) in [6.07, 6.45) is 3.84. The maximum Gasteiger partial charge on any atom is 0.248 e. The summed E-state index contributed by atoms with van der Waals surface area (Å²) in [5.74, 6) is 0.904. The highest BCUT2D eigenvalue weighted by Gasteiger charge is 2.13. The molecule has 0 saturated carbocycles. The molecule has 1 aromatic carbocycles. The molecule has 0 spiro atoms. The summed E-state index contributed by atoms with van der Waals surface area (Å²) in [6, 6.07) is 9.20. The molecule has 5 nitrogen and oxygen atoms in total. The standard InChI is InChI=1S/C18H16ClN3O2S/c1-3-17-21-18(22-24-17)15-10-14(11(2)25-15)20-16(23)9-8-12-6-4-5-7-13(12)19/h4-10H,3H2,1-2H3,(H,20,23). The van der Waals surface area contributed by atoms with Crippen LogP contribution >= 0.6 is 22.9 Å². The SMILES string of the molecule is CCc1nc(-c2cc(NC(=O)C=Cc3ccccc3Cl)c(C)s2)no1. The molecule has 0 saturated heterocycles. The Hall–Kier alpha value is -2.44. The molecule has 0 radical (unpaired) electrons. The van der Waals surface area contributed by atoms with Gasteiger partial charge in [0.1, 0.15) is 0 Å². The van der Waals surface area contributed by atoms with E-state index in [9.17, 15) is 4.79 Å². The Labute approximate surface area is 154 Å². The molecule has 3 aromatic rings. The van der Waals surface area contributed by atoms with Gasteiger partial charge in [-0.05, 0) is 30.7 Å². The van der Waals surface area contributed by atoms with E-state index >= 15 is 0 Å². The maximum absolute atomic E-state index is 12.2. The van der Waals surface area contributed by atoms with Crippen molar-refractivity contribution in [2.75, 3.05) is 5.32 Å². The van der Waals surface area contributed by atoms with E-state index in [4.69, 9.17) is 16.1 Å². The Morgan fingerprint density at radius 2 is 2.20 bits per heavy atom. The Bertz CT molecular complexity index is 930. The molecule has 2 aromatic heterocycles. The molecule has 0 aliphatic carbocycles. The number of halogens is 1. The maximum atomic E-state index is 12.2. The van der Waals surface area contributed by atoms with E-state index in [1.165, 1.54) is 17.4 Å². The van der Waals surface area contributed by atoms with Gasteiger partial charge < -0.3 is 9.84 Å².